The van der Waals surface area contributed by atoms with Crippen molar-refractivity contribution in [2.75, 3.05) is 26.7 Å². The number of aryl methyl sites for hydroxylation is 1. The van der Waals surface area contributed by atoms with Gasteiger partial charge in [0, 0.05) is 31.1 Å². The van der Waals surface area contributed by atoms with Crippen molar-refractivity contribution < 1.29 is 14.0 Å². The number of carbonyl (C=O) groups excluding carboxylic acids is 2. The number of rotatable bonds is 7. The lowest BCUT2D eigenvalue weighted by molar-refractivity contribution is -0.124. The fourth-order valence-corrected chi connectivity index (χ4v) is 1.77. The van der Waals surface area contributed by atoms with E-state index in [1.165, 1.54) is 6.07 Å². The van der Waals surface area contributed by atoms with Crippen LogP contribution in [0.3, 0.4) is 0 Å². The Labute approximate surface area is 136 Å². The van der Waals surface area contributed by atoms with Gasteiger partial charge in [0.2, 0.25) is 5.91 Å². The molecule has 0 bridgehead atoms. The highest BCUT2D eigenvalue weighted by atomic mass is 35.5. The van der Waals surface area contributed by atoms with Crippen molar-refractivity contribution in [3.63, 3.8) is 0 Å². The second kappa shape index (κ2) is 10.1. The first kappa shape index (κ1) is 20.3. The van der Waals surface area contributed by atoms with Gasteiger partial charge in [-0.15, -0.1) is 12.4 Å². The molecule has 0 saturated carbocycles. The first-order valence-electron chi connectivity index (χ1n) is 6.92. The molecule has 1 unspecified atom stereocenters. The molecule has 1 rings (SSSR count). The summed E-state index contributed by atoms with van der Waals surface area (Å²) in [6, 6.07) is 4.34. The largest absolute Gasteiger partial charge is 0.354 e. The average molecular weight is 332 g/mol. The van der Waals surface area contributed by atoms with Crippen molar-refractivity contribution in [3.05, 3.63) is 35.1 Å². The standard InChI is InChI=1S/C15H22FN3O2.ClH/c1-10-4-5-12(8-13(10)16)15(21)19-7-6-18-14(20)11(2)9-17-3;/h4-5,8,11,17H,6-7,9H2,1-3H3,(H,18,20)(H,19,21);1H. The molecule has 7 heteroatoms. The molecule has 22 heavy (non-hydrogen) atoms. The van der Waals surface area contributed by atoms with E-state index in [1.807, 2.05) is 6.92 Å². The third-order valence-electron chi connectivity index (χ3n) is 3.10. The minimum atomic E-state index is -0.406. The van der Waals surface area contributed by atoms with E-state index >= 15 is 0 Å². The molecule has 1 aromatic rings. The molecule has 0 heterocycles. The van der Waals surface area contributed by atoms with E-state index in [0.717, 1.165) is 0 Å². The van der Waals surface area contributed by atoms with Gasteiger partial charge in [0.05, 0.1) is 0 Å². The highest BCUT2D eigenvalue weighted by Crippen LogP contribution is 2.08. The predicted molar refractivity (Wildman–Crippen MR) is 86.8 cm³/mol. The molecule has 2 amide bonds. The lowest BCUT2D eigenvalue weighted by atomic mass is 10.1. The van der Waals surface area contributed by atoms with Crippen LogP contribution in [0.25, 0.3) is 0 Å². The second-order valence-electron chi connectivity index (χ2n) is 4.97. The zero-order chi connectivity index (χ0) is 15.8. The molecule has 1 atom stereocenters. The van der Waals surface area contributed by atoms with Crippen LogP contribution in [0.4, 0.5) is 4.39 Å². The zero-order valence-corrected chi connectivity index (χ0v) is 13.8. The number of nitrogens with one attached hydrogen (secondary N) is 3. The Morgan fingerprint density at radius 2 is 1.86 bits per heavy atom. The van der Waals surface area contributed by atoms with E-state index in [2.05, 4.69) is 16.0 Å². The van der Waals surface area contributed by atoms with Crippen molar-refractivity contribution in [1.29, 1.82) is 0 Å². The Kier molecular flexibility index (Phi) is 9.37. The Morgan fingerprint density at radius 1 is 1.23 bits per heavy atom. The second-order valence-corrected chi connectivity index (χ2v) is 4.97. The molecule has 0 fully saturated rings. The van der Waals surface area contributed by atoms with Gasteiger partial charge in [-0.05, 0) is 31.7 Å². The lowest BCUT2D eigenvalue weighted by Crippen LogP contribution is -2.39. The number of halogens is 2. The van der Waals surface area contributed by atoms with Gasteiger partial charge < -0.3 is 16.0 Å². The minimum Gasteiger partial charge on any atom is -0.354 e. The molecule has 0 aliphatic rings. The fraction of sp³-hybridized carbons (Fsp3) is 0.467. The highest BCUT2D eigenvalue weighted by Gasteiger charge is 2.11. The van der Waals surface area contributed by atoms with Gasteiger partial charge in [0.1, 0.15) is 5.82 Å². The van der Waals surface area contributed by atoms with Crippen LogP contribution in [0.2, 0.25) is 0 Å². The molecule has 5 nitrogen and oxygen atoms in total. The van der Waals surface area contributed by atoms with E-state index < -0.39 is 5.82 Å². The summed E-state index contributed by atoms with van der Waals surface area (Å²) in [6.07, 6.45) is 0. The molecule has 0 aliphatic heterocycles. The molecule has 0 radical (unpaired) electrons. The van der Waals surface area contributed by atoms with E-state index in [9.17, 15) is 14.0 Å². The Morgan fingerprint density at radius 3 is 2.45 bits per heavy atom. The summed E-state index contributed by atoms with van der Waals surface area (Å²) >= 11 is 0. The summed E-state index contributed by atoms with van der Waals surface area (Å²) in [5.41, 5.74) is 0.769. The topological polar surface area (TPSA) is 70.2 Å². The van der Waals surface area contributed by atoms with Crippen LogP contribution in [0.5, 0.6) is 0 Å². The first-order chi connectivity index (χ1) is 9.95. The maximum absolute atomic E-state index is 13.4. The fourth-order valence-electron chi connectivity index (χ4n) is 1.77. The third kappa shape index (κ3) is 6.41. The number of carbonyl (C=O) groups is 2. The lowest BCUT2D eigenvalue weighted by Gasteiger charge is -2.12. The van der Waals surface area contributed by atoms with Crippen LogP contribution >= 0.6 is 12.4 Å². The maximum Gasteiger partial charge on any atom is 0.251 e. The Hall–Kier alpha value is -1.66. The number of amides is 2. The smallest absolute Gasteiger partial charge is 0.251 e. The summed E-state index contributed by atoms with van der Waals surface area (Å²) in [4.78, 5) is 23.4. The van der Waals surface area contributed by atoms with Gasteiger partial charge in [-0.25, -0.2) is 4.39 Å². The molecule has 124 valence electrons. The Bertz CT molecular complexity index is 512. The Balaban J connectivity index is 0.00000441. The summed E-state index contributed by atoms with van der Waals surface area (Å²) in [6.45, 7) is 4.69. The van der Waals surface area contributed by atoms with Crippen LogP contribution in [0.15, 0.2) is 18.2 Å². The molecule has 0 saturated heterocycles. The molecular formula is C15H23ClFN3O2. The highest BCUT2D eigenvalue weighted by molar-refractivity contribution is 5.94. The van der Waals surface area contributed by atoms with Crippen molar-refractivity contribution in [2.24, 2.45) is 5.92 Å². The normalized spacial score (nSPS) is 11.3. The van der Waals surface area contributed by atoms with Gasteiger partial charge in [0.15, 0.2) is 0 Å². The summed E-state index contributed by atoms with van der Waals surface area (Å²) in [5, 5.41) is 8.29. The van der Waals surface area contributed by atoms with Gasteiger partial charge in [-0.1, -0.05) is 13.0 Å². The number of hydrogen-bond donors (Lipinski definition) is 3. The summed E-state index contributed by atoms with van der Waals surface area (Å²) in [7, 11) is 1.78. The molecule has 0 spiro atoms. The quantitative estimate of drug-likeness (QED) is 0.659. The first-order valence-corrected chi connectivity index (χ1v) is 6.92. The van der Waals surface area contributed by atoms with E-state index in [-0.39, 0.29) is 35.7 Å². The van der Waals surface area contributed by atoms with E-state index in [4.69, 9.17) is 0 Å². The monoisotopic (exact) mass is 331 g/mol. The zero-order valence-electron chi connectivity index (χ0n) is 13.0. The minimum absolute atomic E-state index is 0. The van der Waals surface area contributed by atoms with Gasteiger partial charge >= 0.3 is 0 Å². The van der Waals surface area contributed by atoms with E-state index in [0.29, 0.717) is 25.2 Å². The van der Waals surface area contributed by atoms with E-state index in [1.54, 1.807) is 26.1 Å². The van der Waals surface area contributed by atoms with Crippen LogP contribution in [0, 0.1) is 18.7 Å². The van der Waals surface area contributed by atoms with Crippen LogP contribution in [-0.4, -0.2) is 38.5 Å². The SMILES string of the molecule is CNCC(C)C(=O)NCCNC(=O)c1ccc(C)c(F)c1.Cl. The molecular weight excluding hydrogens is 309 g/mol. The number of benzene rings is 1. The number of hydrogen-bond acceptors (Lipinski definition) is 3. The van der Waals surface area contributed by atoms with Crippen molar-refractivity contribution >= 4 is 24.2 Å². The van der Waals surface area contributed by atoms with Gasteiger partial charge in [-0.3, -0.25) is 9.59 Å². The molecule has 1 aromatic carbocycles. The van der Waals surface area contributed by atoms with Crippen molar-refractivity contribution in [2.45, 2.75) is 13.8 Å². The maximum atomic E-state index is 13.4. The third-order valence-corrected chi connectivity index (χ3v) is 3.10. The molecule has 0 aliphatic carbocycles. The van der Waals surface area contributed by atoms with Crippen molar-refractivity contribution in [3.8, 4) is 0 Å². The van der Waals surface area contributed by atoms with Crippen LogP contribution in [-0.2, 0) is 4.79 Å². The average Bonchev–Trinajstić information content (AvgIpc) is 2.46. The molecule has 0 aromatic heterocycles. The predicted octanol–water partition coefficient (Wildman–Crippen LogP) is 1.26. The van der Waals surface area contributed by atoms with Crippen molar-refractivity contribution in [1.82, 2.24) is 16.0 Å². The van der Waals surface area contributed by atoms with Crippen LogP contribution in [0.1, 0.15) is 22.8 Å². The van der Waals surface area contributed by atoms with Gasteiger partial charge in [0.25, 0.3) is 5.91 Å². The molecule has 3 N–H and O–H groups in total. The van der Waals surface area contributed by atoms with Gasteiger partial charge in [-0.2, -0.15) is 0 Å². The summed E-state index contributed by atoms with van der Waals surface area (Å²) < 4.78 is 13.4. The van der Waals surface area contributed by atoms with Crippen LogP contribution < -0.4 is 16.0 Å². The summed E-state index contributed by atoms with van der Waals surface area (Å²) in [5.74, 6) is -0.958.